The smallest absolute Gasteiger partial charge is 0.260 e. The Labute approximate surface area is 168 Å². The lowest BCUT2D eigenvalue weighted by molar-refractivity contribution is -0.134. The van der Waals surface area contributed by atoms with Gasteiger partial charge in [-0.1, -0.05) is 6.92 Å². The normalized spacial score (nSPS) is 13.0. The molecule has 0 bridgehead atoms. The van der Waals surface area contributed by atoms with Crippen LogP contribution in [-0.2, 0) is 22.6 Å². The van der Waals surface area contributed by atoms with E-state index in [1.165, 1.54) is 17.4 Å². The maximum atomic E-state index is 12.5. The summed E-state index contributed by atoms with van der Waals surface area (Å²) in [6.45, 7) is 4.52. The summed E-state index contributed by atoms with van der Waals surface area (Å²) in [6, 6.07) is 6.95. The number of rotatable bonds is 7. The van der Waals surface area contributed by atoms with Crippen LogP contribution in [-0.4, -0.2) is 35.6 Å². The van der Waals surface area contributed by atoms with Gasteiger partial charge < -0.3 is 15.0 Å². The molecule has 0 unspecified atom stereocenters. The highest BCUT2D eigenvalue weighted by atomic mass is 32.1. The van der Waals surface area contributed by atoms with Gasteiger partial charge in [0.15, 0.2) is 12.4 Å². The minimum absolute atomic E-state index is 0.0984. The number of ketones is 1. The SMILES string of the molecule is CCCC(=O)Nc1ccc(OCC(=O)N2CCc3sccc3C2)c(C(C)=O)c1. The van der Waals surface area contributed by atoms with Crippen molar-refractivity contribution in [1.29, 1.82) is 0 Å². The van der Waals surface area contributed by atoms with Crippen LogP contribution in [0.4, 0.5) is 5.69 Å². The molecule has 1 N–H and O–H groups in total. The van der Waals surface area contributed by atoms with Crippen molar-refractivity contribution in [1.82, 2.24) is 4.90 Å². The lowest BCUT2D eigenvalue weighted by Gasteiger charge is -2.27. The van der Waals surface area contributed by atoms with Gasteiger partial charge in [-0.05, 0) is 55.0 Å². The van der Waals surface area contributed by atoms with Gasteiger partial charge in [-0.25, -0.2) is 0 Å². The lowest BCUT2D eigenvalue weighted by Crippen LogP contribution is -2.38. The molecular weight excluding hydrogens is 376 g/mol. The molecule has 2 heterocycles. The quantitative estimate of drug-likeness (QED) is 0.720. The summed E-state index contributed by atoms with van der Waals surface area (Å²) >= 11 is 1.73. The summed E-state index contributed by atoms with van der Waals surface area (Å²) in [5.41, 5.74) is 2.09. The zero-order valence-electron chi connectivity index (χ0n) is 16.1. The van der Waals surface area contributed by atoms with Gasteiger partial charge in [0.05, 0.1) is 5.56 Å². The van der Waals surface area contributed by atoms with Crippen LogP contribution in [0.25, 0.3) is 0 Å². The Morgan fingerprint density at radius 1 is 1.25 bits per heavy atom. The molecule has 28 heavy (non-hydrogen) atoms. The second kappa shape index (κ2) is 9.01. The number of thiophene rings is 1. The Kier molecular flexibility index (Phi) is 6.46. The predicted molar refractivity (Wildman–Crippen MR) is 109 cm³/mol. The van der Waals surface area contributed by atoms with Crippen molar-refractivity contribution in [2.24, 2.45) is 0 Å². The number of hydrogen-bond acceptors (Lipinski definition) is 5. The van der Waals surface area contributed by atoms with E-state index < -0.39 is 0 Å². The Morgan fingerprint density at radius 3 is 2.82 bits per heavy atom. The molecule has 3 rings (SSSR count). The summed E-state index contributed by atoms with van der Waals surface area (Å²) < 4.78 is 5.67. The van der Waals surface area contributed by atoms with E-state index in [0.717, 1.165) is 12.8 Å². The van der Waals surface area contributed by atoms with Gasteiger partial charge in [0.2, 0.25) is 5.91 Å². The highest BCUT2D eigenvalue weighted by Gasteiger charge is 2.22. The minimum Gasteiger partial charge on any atom is -0.483 e. The maximum absolute atomic E-state index is 12.5. The molecular formula is C21H24N2O4S. The van der Waals surface area contributed by atoms with E-state index in [2.05, 4.69) is 16.8 Å². The number of carbonyl (C=O) groups is 3. The van der Waals surface area contributed by atoms with E-state index in [-0.39, 0.29) is 24.2 Å². The third-order valence-corrected chi connectivity index (χ3v) is 5.65. The third kappa shape index (κ3) is 4.78. The number of hydrogen-bond donors (Lipinski definition) is 1. The fourth-order valence-electron chi connectivity index (χ4n) is 3.15. The topological polar surface area (TPSA) is 75.7 Å². The molecule has 1 aliphatic heterocycles. The summed E-state index contributed by atoms with van der Waals surface area (Å²) in [5, 5.41) is 4.82. The van der Waals surface area contributed by atoms with Crippen LogP contribution >= 0.6 is 11.3 Å². The zero-order chi connectivity index (χ0) is 20.1. The average Bonchev–Trinajstić information content (AvgIpc) is 3.14. The van der Waals surface area contributed by atoms with E-state index >= 15 is 0 Å². The second-order valence-electron chi connectivity index (χ2n) is 6.79. The fraction of sp³-hybridized carbons (Fsp3) is 0.381. The van der Waals surface area contributed by atoms with Crippen molar-refractivity contribution >= 4 is 34.6 Å². The molecule has 148 valence electrons. The lowest BCUT2D eigenvalue weighted by atomic mass is 10.1. The summed E-state index contributed by atoms with van der Waals surface area (Å²) in [7, 11) is 0. The van der Waals surface area contributed by atoms with Gasteiger partial charge in [0, 0.05) is 30.1 Å². The van der Waals surface area contributed by atoms with Crippen LogP contribution in [0.1, 0.15) is 47.5 Å². The highest BCUT2D eigenvalue weighted by molar-refractivity contribution is 7.10. The monoisotopic (exact) mass is 400 g/mol. The summed E-state index contributed by atoms with van der Waals surface area (Å²) in [4.78, 5) is 39.4. The van der Waals surface area contributed by atoms with Crippen molar-refractivity contribution in [3.05, 3.63) is 45.6 Å². The molecule has 1 aliphatic rings. The van der Waals surface area contributed by atoms with Crippen LogP contribution in [0.3, 0.4) is 0 Å². The molecule has 1 aromatic carbocycles. The van der Waals surface area contributed by atoms with E-state index in [4.69, 9.17) is 4.74 Å². The number of carbonyl (C=O) groups excluding carboxylic acids is 3. The highest BCUT2D eigenvalue weighted by Crippen LogP contribution is 2.26. The van der Waals surface area contributed by atoms with Crippen LogP contribution in [0.15, 0.2) is 29.6 Å². The largest absolute Gasteiger partial charge is 0.483 e. The molecule has 0 fully saturated rings. The first-order chi connectivity index (χ1) is 13.5. The predicted octanol–water partition coefficient (Wildman–Crippen LogP) is 3.65. The van der Waals surface area contributed by atoms with Gasteiger partial charge in [-0.2, -0.15) is 0 Å². The molecule has 1 aromatic heterocycles. The Morgan fingerprint density at radius 2 is 2.07 bits per heavy atom. The molecule has 0 aliphatic carbocycles. The van der Waals surface area contributed by atoms with Crippen molar-refractivity contribution in [3.8, 4) is 5.75 Å². The minimum atomic E-state index is -0.185. The number of ether oxygens (including phenoxy) is 1. The molecule has 6 nitrogen and oxygen atoms in total. The molecule has 0 spiro atoms. The Bertz CT molecular complexity index is 890. The van der Waals surface area contributed by atoms with E-state index in [1.54, 1.807) is 34.4 Å². The molecule has 0 radical (unpaired) electrons. The van der Waals surface area contributed by atoms with Gasteiger partial charge in [0.25, 0.3) is 5.91 Å². The Hall–Kier alpha value is -2.67. The summed E-state index contributed by atoms with van der Waals surface area (Å²) in [6.07, 6.45) is 2.03. The number of amides is 2. The van der Waals surface area contributed by atoms with Crippen molar-refractivity contribution < 1.29 is 19.1 Å². The number of fused-ring (bicyclic) bond motifs is 1. The summed E-state index contributed by atoms with van der Waals surface area (Å²) in [5.74, 6) is -0.0390. The average molecular weight is 401 g/mol. The van der Waals surface area contributed by atoms with Gasteiger partial charge >= 0.3 is 0 Å². The second-order valence-corrected chi connectivity index (χ2v) is 7.79. The van der Waals surface area contributed by atoms with E-state index in [9.17, 15) is 14.4 Å². The van der Waals surface area contributed by atoms with Crippen LogP contribution in [0.2, 0.25) is 0 Å². The fourth-order valence-corrected chi connectivity index (χ4v) is 4.04. The molecule has 0 saturated carbocycles. The van der Waals surface area contributed by atoms with Crippen LogP contribution in [0, 0.1) is 0 Å². The van der Waals surface area contributed by atoms with Gasteiger partial charge in [0.1, 0.15) is 5.75 Å². The molecule has 7 heteroatoms. The zero-order valence-corrected chi connectivity index (χ0v) is 16.9. The standard InChI is InChI=1S/C21H24N2O4S/c1-3-4-20(25)22-16-5-6-18(17(11-16)14(2)24)27-13-21(26)23-9-7-19-15(12-23)8-10-28-19/h5-6,8,10-11H,3-4,7,9,12-13H2,1-2H3,(H,22,25). The Balaban J connectivity index is 1.64. The molecule has 0 atom stereocenters. The number of nitrogens with one attached hydrogen (secondary N) is 1. The number of anilines is 1. The third-order valence-electron chi connectivity index (χ3n) is 4.63. The number of nitrogens with zero attached hydrogens (tertiary/aromatic N) is 1. The van der Waals surface area contributed by atoms with Gasteiger partial charge in [-0.3, -0.25) is 14.4 Å². The van der Waals surface area contributed by atoms with E-state index in [0.29, 0.717) is 36.5 Å². The van der Waals surface area contributed by atoms with Crippen molar-refractivity contribution in [2.75, 3.05) is 18.5 Å². The van der Waals surface area contributed by atoms with Crippen molar-refractivity contribution in [2.45, 2.75) is 39.7 Å². The molecule has 2 amide bonds. The van der Waals surface area contributed by atoms with Gasteiger partial charge in [-0.15, -0.1) is 11.3 Å². The first-order valence-electron chi connectivity index (χ1n) is 9.38. The van der Waals surface area contributed by atoms with Crippen LogP contribution in [0.5, 0.6) is 5.75 Å². The first kappa shape index (κ1) is 20.1. The first-order valence-corrected chi connectivity index (χ1v) is 10.3. The van der Waals surface area contributed by atoms with Crippen molar-refractivity contribution in [3.63, 3.8) is 0 Å². The number of Topliss-reactive ketones (excluding diaryl/α,β-unsaturated/α-hetero) is 1. The number of benzene rings is 1. The van der Waals surface area contributed by atoms with E-state index in [1.807, 2.05) is 6.92 Å². The molecule has 0 saturated heterocycles. The maximum Gasteiger partial charge on any atom is 0.260 e. The van der Waals surface area contributed by atoms with Crippen LogP contribution < -0.4 is 10.1 Å². The molecule has 2 aromatic rings.